The van der Waals surface area contributed by atoms with E-state index in [1.807, 2.05) is 0 Å². The zero-order chi connectivity index (χ0) is 25.0. The van der Waals surface area contributed by atoms with Crippen LogP contribution in [-0.2, 0) is 60.7 Å². The van der Waals surface area contributed by atoms with E-state index in [0.717, 1.165) is 0 Å². The van der Waals surface area contributed by atoms with E-state index < -0.39 is 94.2 Å². The van der Waals surface area contributed by atoms with Crippen LogP contribution in [0.4, 0.5) is 0 Å². The first-order valence-electron chi connectivity index (χ1n) is 6.26. The Kier molecular flexibility index (Phi) is 40.3. The van der Waals surface area contributed by atoms with Gasteiger partial charge in [0.15, 0.2) is 0 Å². The SMILES string of the molecule is O.O.O.O.O=S(=O)([O-])CC(CS(=O)(=O)[O-])S(=O)(=O)[O-].O=S(=O)([O-])CC(CS(=O)(=O)[O-])S(=O)(=O)[O-].[Ca+2].[Ca+2].[Ca+2]. The second kappa shape index (κ2) is 23.5. The van der Waals surface area contributed by atoms with Gasteiger partial charge in [-0.05, 0) is 0 Å². The molecule has 0 unspecified atom stereocenters. The first-order valence-corrected chi connectivity index (χ1v) is 15.5. The molecule has 8 N–H and O–H groups in total. The van der Waals surface area contributed by atoms with Gasteiger partial charge < -0.3 is 49.2 Å². The molecule has 0 aliphatic heterocycles. The van der Waals surface area contributed by atoms with Crippen molar-refractivity contribution in [3.63, 3.8) is 0 Å². The van der Waals surface area contributed by atoms with Gasteiger partial charge in [-0.15, -0.1) is 0 Å². The maximum absolute atomic E-state index is 10.3. The molecule has 0 spiro atoms. The summed E-state index contributed by atoms with van der Waals surface area (Å²) in [5, 5.41) is -5.13. The van der Waals surface area contributed by atoms with Crippen LogP contribution < -0.4 is 0 Å². The zero-order valence-corrected chi connectivity index (χ0v) is 29.4. The van der Waals surface area contributed by atoms with E-state index in [-0.39, 0.29) is 135 Å². The van der Waals surface area contributed by atoms with Crippen molar-refractivity contribution < 1.29 is 99.7 Å². The number of rotatable bonds is 10. The van der Waals surface area contributed by atoms with E-state index in [0.29, 0.717) is 0 Å². The monoisotopic (exact) mass is 754 g/mol. The van der Waals surface area contributed by atoms with Crippen LogP contribution in [0.3, 0.4) is 0 Å². The molecule has 0 bridgehead atoms. The van der Waals surface area contributed by atoms with Gasteiger partial charge in [0.05, 0.1) is 94.2 Å². The molecule has 0 fully saturated rings. The Morgan fingerprint density at radius 3 is 0.514 bits per heavy atom. The van der Waals surface area contributed by atoms with E-state index in [2.05, 4.69) is 0 Å². The molecular formula is C6H18Ca3O22S6. The molecule has 0 heterocycles. The minimum atomic E-state index is -5.34. The second-order valence-corrected chi connectivity index (χ2v) is 14.2. The first kappa shape index (κ1) is 63.4. The van der Waals surface area contributed by atoms with Gasteiger partial charge >= 0.3 is 113 Å². The van der Waals surface area contributed by atoms with Crippen LogP contribution in [0.1, 0.15) is 0 Å². The molecule has 0 aromatic heterocycles. The minimum absolute atomic E-state index is 0. The van der Waals surface area contributed by atoms with Gasteiger partial charge in [0, 0.05) is 0 Å². The van der Waals surface area contributed by atoms with E-state index >= 15 is 0 Å². The van der Waals surface area contributed by atoms with Gasteiger partial charge in [-0.3, -0.25) is 0 Å². The van der Waals surface area contributed by atoms with E-state index in [1.54, 1.807) is 0 Å². The summed E-state index contributed by atoms with van der Waals surface area (Å²) in [5.74, 6) is -6.94. The third-order valence-electron chi connectivity index (χ3n) is 2.38. The van der Waals surface area contributed by atoms with Crippen LogP contribution in [-0.4, -0.2) is 246 Å². The molecule has 0 aromatic carbocycles. The molecule has 0 aliphatic carbocycles. The van der Waals surface area contributed by atoms with Crippen molar-refractivity contribution in [2.45, 2.75) is 10.5 Å². The quantitative estimate of drug-likeness (QED) is 0.147. The molecule has 0 aromatic rings. The van der Waals surface area contributed by atoms with Crippen molar-refractivity contribution in [2.75, 3.05) is 23.0 Å². The molecule has 0 aliphatic rings. The maximum Gasteiger partial charge on any atom is 2.00 e. The zero-order valence-electron chi connectivity index (χ0n) is 17.9. The fourth-order valence-electron chi connectivity index (χ4n) is 1.34. The third-order valence-corrected chi connectivity index (χ3v) is 8.76. The Bertz CT molecular complexity index is 1060. The Morgan fingerprint density at radius 2 is 0.459 bits per heavy atom. The topological polar surface area (TPSA) is 469 Å². The van der Waals surface area contributed by atoms with Gasteiger partial charge in [0.1, 0.15) is 0 Å². The average molecular weight is 755 g/mol. The minimum Gasteiger partial charge on any atom is -0.748 e. The predicted octanol–water partition coefficient (Wildman–Crippen LogP) is -10.5. The summed E-state index contributed by atoms with van der Waals surface area (Å²) in [7, 11) is -31.1. The van der Waals surface area contributed by atoms with Crippen LogP contribution in [0.5, 0.6) is 0 Å². The molecule has 0 radical (unpaired) electrons. The van der Waals surface area contributed by atoms with Crippen molar-refractivity contribution in [2.24, 2.45) is 0 Å². The smallest absolute Gasteiger partial charge is 0.748 e. The molecule has 31 heteroatoms. The van der Waals surface area contributed by atoms with Crippen LogP contribution in [0, 0.1) is 0 Å². The van der Waals surface area contributed by atoms with Gasteiger partial charge in [-0.2, -0.15) is 0 Å². The van der Waals surface area contributed by atoms with Crippen molar-refractivity contribution >= 4 is 174 Å². The number of hydrogen-bond acceptors (Lipinski definition) is 18. The Balaban J connectivity index is -0.0000000509. The van der Waals surface area contributed by atoms with Crippen LogP contribution in [0.25, 0.3) is 0 Å². The number of hydrogen-bond donors (Lipinski definition) is 0. The van der Waals surface area contributed by atoms with E-state index in [1.165, 1.54) is 0 Å². The summed E-state index contributed by atoms with van der Waals surface area (Å²) in [5.41, 5.74) is 0. The maximum atomic E-state index is 10.3. The summed E-state index contributed by atoms with van der Waals surface area (Å²) in [6, 6.07) is 0. The molecule has 216 valence electrons. The van der Waals surface area contributed by atoms with Gasteiger partial charge in [0.25, 0.3) is 0 Å². The molecule has 37 heavy (non-hydrogen) atoms. The molecule has 0 amide bonds. The van der Waals surface area contributed by atoms with E-state index in [9.17, 15) is 77.8 Å². The summed E-state index contributed by atoms with van der Waals surface area (Å²) in [4.78, 5) is 0. The van der Waals surface area contributed by atoms with Crippen LogP contribution in [0.15, 0.2) is 0 Å². The predicted molar refractivity (Wildman–Crippen MR) is 117 cm³/mol. The molecule has 0 atom stereocenters. The molecule has 0 saturated carbocycles. The normalized spacial score (nSPS) is 11.7. The first-order chi connectivity index (χ1) is 12.6. The van der Waals surface area contributed by atoms with Crippen molar-refractivity contribution in [1.29, 1.82) is 0 Å². The van der Waals surface area contributed by atoms with Crippen molar-refractivity contribution in [3.8, 4) is 0 Å². The van der Waals surface area contributed by atoms with E-state index in [4.69, 9.17) is 0 Å². The molecular weight excluding hydrogens is 737 g/mol. The standard InChI is InChI=1S/2C3H8O9S3.3Ca.4H2O/c2*4-13(5,6)1-3(15(10,11)12)2-14(7,8)9;;;;;;;/h2*3H,1-2H2,(H,4,5,6)(H,7,8,9)(H,10,11,12);;;;4*1H2/q;;3*+2;;;;/p-6. The summed E-state index contributed by atoms with van der Waals surface area (Å²) < 4.78 is 183. The average Bonchev–Trinajstić information content (AvgIpc) is 2.28. The van der Waals surface area contributed by atoms with Crippen LogP contribution >= 0.6 is 0 Å². The Labute approximate surface area is 302 Å². The summed E-state index contributed by atoms with van der Waals surface area (Å²) >= 11 is 0. The molecule has 0 rings (SSSR count). The third kappa shape index (κ3) is 43.7. The molecule has 22 nitrogen and oxygen atoms in total. The summed E-state index contributed by atoms with van der Waals surface area (Å²) in [6.45, 7) is 0. The van der Waals surface area contributed by atoms with Crippen molar-refractivity contribution in [1.82, 2.24) is 0 Å². The summed E-state index contributed by atoms with van der Waals surface area (Å²) in [6.07, 6.45) is 0. The molecule has 0 saturated heterocycles. The fourth-order valence-corrected chi connectivity index (χ4v) is 8.60. The fraction of sp³-hybridized carbons (Fsp3) is 1.00. The second-order valence-electron chi connectivity index (χ2n) is 5.13. The Hall–Kier alpha value is 3.08. The van der Waals surface area contributed by atoms with Crippen molar-refractivity contribution in [3.05, 3.63) is 0 Å². The van der Waals surface area contributed by atoms with Gasteiger partial charge in [-0.1, -0.05) is 0 Å². The van der Waals surface area contributed by atoms with Gasteiger partial charge in [-0.25, -0.2) is 50.5 Å². The van der Waals surface area contributed by atoms with Gasteiger partial charge in [0.2, 0.25) is 0 Å². The van der Waals surface area contributed by atoms with Crippen LogP contribution in [0.2, 0.25) is 0 Å². The largest absolute Gasteiger partial charge is 2.00 e. The Morgan fingerprint density at radius 1 is 0.351 bits per heavy atom.